The summed E-state index contributed by atoms with van der Waals surface area (Å²) in [5, 5.41) is 0. The zero-order valence-corrected chi connectivity index (χ0v) is 19.1. The quantitative estimate of drug-likeness (QED) is 0.212. The number of alkyl halides is 26. The second-order valence-electron chi connectivity index (χ2n) is 8.32. The lowest BCUT2D eigenvalue weighted by Gasteiger charge is -2.40. The Kier molecular flexibility index (Phi) is 8.91. The van der Waals surface area contributed by atoms with Gasteiger partial charge in [0.05, 0.1) is 0 Å². The highest BCUT2D eigenvalue weighted by Crippen LogP contribution is 2.64. The fourth-order valence-corrected chi connectivity index (χ4v) is 2.81. The Labute approximate surface area is 222 Å². The maximum Gasteiger partial charge on any atom is 0.460 e. The third-order valence-electron chi connectivity index (χ3n) is 5.45. The van der Waals surface area contributed by atoms with Crippen LogP contribution in [0, 0.1) is 0 Å². The zero-order chi connectivity index (χ0) is 36.0. The van der Waals surface area contributed by atoms with Gasteiger partial charge in [0, 0.05) is 11.1 Å². The van der Waals surface area contributed by atoms with E-state index in [9.17, 15) is 114 Å². The van der Waals surface area contributed by atoms with E-state index in [2.05, 4.69) is 0 Å². The summed E-state index contributed by atoms with van der Waals surface area (Å²) in [6, 6.07) is -4.65. The lowest BCUT2D eigenvalue weighted by Crippen LogP contribution is -2.69. The van der Waals surface area contributed by atoms with Crippen molar-refractivity contribution in [2.75, 3.05) is 0 Å². The molecular formula is C18H4F26. The van der Waals surface area contributed by atoms with Crippen LogP contribution in [0.5, 0.6) is 0 Å². The van der Waals surface area contributed by atoms with E-state index in [0.717, 1.165) is 0 Å². The molecule has 26 heteroatoms. The van der Waals surface area contributed by atoms with Crippen LogP contribution >= 0.6 is 0 Å². The van der Waals surface area contributed by atoms with Gasteiger partial charge in [-0.3, -0.25) is 0 Å². The average molecular weight is 714 g/mol. The summed E-state index contributed by atoms with van der Waals surface area (Å²) in [5.74, 6) is -82.5. The minimum absolute atomic E-state index is 0.806. The van der Waals surface area contributed by atoms with E-state index >= 15 is 0 Å². The number of halogens is 26. The molecule has 0 nitrogen and oxygen atoms in total. The summed E-state index contributed by atoms with van der Waals surface area (Å²) >= 11 is 0. The van der Waals surface area contributed by atoms with E-state index in [4.69, 9.17) is 0 Å². The number of hydrogen-bond acceptors (Lipinski definition) is 0. The molecule has 0 heterocycles. The van der Waals surface area contributed by atoms with Crippen LogP contribution in [-0.2, 0) is 11.8 Å². The molecule has 0 N–H and O–H groups in total. The lowest BCUT2D eigenvalue weighted by molar-refractivity contribution is -0.442. The molecule has 0 amide bonds. The molecule has 0 fully saturated rings. The highest BCUT2D eigenvalue weighted by molar-refractivity contribution is 5.34. The second-order valence-corrected chi connectivity index (χ2v) is 8.32. The minimum Gasteiger partial charge on any atom is -0.194 e. The molecule has 0 bridgehead atoms. The second kappa shape index (κ2) is 9.95. The normalized spacial score (nSPS) is 16.4. The molecule has 1 aromatic rings. The van der Waals surface area contributed by atoms with Crippen LogP contribution in [-0.4, -0.2) is 59.7 Å². The van der Waals surface area contributed by atoms with Crippen LogP contribution in [0.4, 0.5) is 114 Å². The van der Waals surface area contributed by atoms with Gasteiger partial charge < -0.3 is 0 Å². The van der Waals surface area contributed by atoms with Gasteiger partial charge in [-0.2, -0.15) is 114 Å². The molecule has 0 spiro atoms. The predicted octanol–water partition coefficient (Wildman–Crippen LogP) is 10.1. The largest absolute Gasteiger partial charge is 0.460 e. The maximum atomic E-state index is 14.2. The first-order valence-corrected chi connectivity index (χ1v) is 9.73. The van der Waals surface area contributed by atoms with Gasteiger partial charge in [0.25, 0.3) is 0 Å². The molecule has 0 radical (unpaired) electrons. The number of rotatable bonds is 10. The van der Waals surface area contributed by atoms with Crippen molar-refractivity contribution < 1.29 is 114 Å². The van der Waals surface area contributed by atoms with E-state index in [1.807, 2.05) is 0 Å². The Bertz CT molecular complexity index is 1110. The first-order chi connectivity index (χ1) is 18.7. The Morgan fingerprint density at radius 1 is 0.273 bits per heavy atom. The topological polar surface area (TPSA) is 0 Å². The monoisotopic (exact) mass is 714 g/mol. The van der Waals surface area contributed by atoms with E-state index in [1.54, 1.807) is 0 Å². The van der Waals surface area contributed by atoms with Crippen LogP contribution in [0.15, 0.2) is 24.3 Å². The van der Waals surface area contributed by atoms with Crippen molar-refractivity contribution >= 4 is 0 Å². The molecule has 0 saturated carbocycles. The fraction of sp³-hybridized carbons (Fsp3) is 0.667. The number of benzene rings is 1. The molecule has 0 atom stereocenters. The summed E-state index contributed by atoms with van der Waals surface area (Å²) < 4.78 is 344. The van der Waals surface area contributed by atoms with Crippen molar-refractivity contribution in [2.45, 2.75) is 71.6 Å². The summed E-state index contributed by atoms with van der Waals surface area (Å²) in [6.07, 6.45) is -15.8. The Balaban J connectivity index is 3.88. The lowest BCUT2D eigenvalue weighted by atomic mass is 9.87. The maximum absolute atomic E-state index is 14.2. The molecule has 1 rings (SSSR count). The van der Waals surface area contributed by atoms with Crippen LogP contribution < -0.4 is 0 Å². The molecule has 1 aromatic carbocycles. The Morgan fingerprint density at radius 2 is 0.477 bits per heavy atom. The van der Waals surface area contributed by atoms with Crippen molar-refractivity contribution in [1.82, 2.24) is 0 Å². The van der Waals surface area contributed by atoms with E-state index in [-0.39, 0.29) is 0 Å². The van der Waals surface area contributed by atoms with E-state index < -0.39 is 107 Å². The van der Waals surface area contributed by atoms with Crippen molar-refractivity contribution in [3.63, 3.8) is 0 Å². The van der Waals surface area contributed by atoms with Crippen LogP contribution in [0.25, 0.3) is 0 Å². The van der Waals surface area contributed by atoms with Gasteiger partial charge in [0.1, 0.15) is 0 Å². The van der Waals surface area contributed by atoms with Crippen molar-refractivity contribution in [2.24, 2.45) is 0 Å². The van der Waals surface area contributed by atoms with Gasteiger partial charge in [-0.15, -0.1) is 0 Å². The van der Waals surface area contributed by atoms with Gasteiger partial charge in [-0.1, -0.05) is 18.2 Å². The molecule has 0 aliphatic rings. The summed E-state index contributed by atoms with van der Waals surface area (Å²) in [4.78, 5) is 0. The van der Waals surface area contributed by atoms with Gasteiger partial charge >= 0.3 is 71.6 Å². The molecule has 0 aliphatic heterocycles. The molecular weight excluding hydrogens is 710 g/mol. The minimum atomic E-state index is -8.59. The summed E-state index contributed by atoms with van der Waals surface area (Å²) in [7, 11) is 0. The highest BCUT2D eigenvalue weighted by atomic mass is 19.4. The molecule has 0 unspecified atom stereocenters. The molecule has 0 saturated heterocycles. The standard InChI is InChI=1S/C18H4F26/c19-7(20,9(23,24)11(27,28)13(31,32)15(35,36)17(39,40)41)5-2-1-3-6(4-5)8(21,22)10(25,26)12(29,30)14(33,34)16(37,38)18(42,43)44/h1-4H. The van der Waals surface area contributed by atoms with E-state index in [0.29, 0.717) is 0 Å². The fourth-order valence-electron chi connectivity index (χ4n) is 2.81. The van der Waals surface area contributed by atoms with Gasteiger partial charge in [0.2, 0.25) is 0 Å². The summed E-state index contributed by atoms with van der Waals surface area (Å²) in [5.41, 5.74) is -7.09. The first kappa shape index (κ1) is 39.4. The van der Waals surface area contributed by atoms with E-state index in [1.165, 1.54) is 0 Å². The van der Waals surface area contributed by atoms with Gasteiger partial charge in [-0.25, -0.2) is 0 Å². The van der Waals surface area contributed by atoms with Crippen LogP contribution in [0.1, 0.15) is 11.1 Å². The van der Waals surface area contributed by atoms with Crippen molar-refractivity contribution in [3.8, 4) is 0 Å². The Morgan fingerprint density at radius 3 is 0.682 bits per heavy atom. The molecule has 44 heavy (non-hydrogen) atoms. The van der Waals surface area contributed by atoms with Crippen LogP contribution in [0.2, 0.25) is 0 Å². The number of hydrogen-bond donors (Lipinski definition) is 0. The third kappa shape index (κ3) is 4.85. The van der Waals surface area contributed by atoms with Gasteiger partial charge in [-0.05, 0) is 6.07 Å². The van der Waals surface area contributed by atoms with Gasteiger partial charge in [0.15, 0.2) is 0 Å². The highest BCUT2D eigenvalue weighted by Gasteiger charge is 2.92. The first-order valence-electron chi connectivity index (χ1n) is 9.73. The zero-order valence-electron chi connectivity index (χ0n) is 19.1. The summed E-state index contributed by atoms with van der Waals surface area (Å²) in [6.45, 7) is 0. The SMILES string of the molecule is FC(F)(F)C(F)(F)C(F)(F)C(F)(F)C(F)(F)C(F)(F)c1cccc(C(F)(F)C(F)(F)C(F)(F)C(F)(F)C(F)(F)C(F)(F)F)c1. The van der Waals surface area contributed by atoms with Crippen LogP contribution in [0.3, 0.4) is 0 Å². The third-order valence-corrected chi connectivity index (χ3v) is 5.45. The predicted molar refractivity (Wildman–Crippen MR) is 85.9 cm³/mol. The average Bonchev–Trinajstić information content (AvgIpc) is 2.81. The molecule has 0 aromatic heterocycles. The molecule has 0 aliphatic carbocycles. The molecule has 258 valence electrons. The smallest absolute Gasteiger partial charge is 0.194 e. The Hall–Kier alpha value is -2.60. The van der Waals surface area contributed by atoms with Crippen molar-refractivity contribution in [1.29, 1.82) is 0 Å². The van der Waals surface area contributed by atoms with Crippen molar-refractivity contribution in [3.05, 3.63) is 35.4 Å².